The van der Waals surface area contributed by atoms with Gasteiger partial charge in [-0.2, -0.15) is 10.2 Å². The molecule has 0 saturated carbocycles. The summed E-state index contributed by atoms with van der Waals surface area (Å²) < 4.78 is 32.9. The molecule has 0 spiro atoms. The second-order valence-corrected chi connectivity index (χ2v) is 8.90. The molecule has 10 heteroatoms. The molecule has 0 aliphatic heterocycles. The molecule has 0 atom stereocenters. The number of aromatic nitrogens is 4. The fourth-order valence-corrected chi connectivity index (χ4v) is 4.05. The summed E-state index contributed by atoms with van der Waals surface area (Å²) in [5.74, 6) is -0.296. The van der Waals surface area contributed by atoms with Crippen molar-refractivity contribution < 1.29 is 17.9 Å². The molecular formula is C18H19ClN4O4S. The minimum absolute atomic E-state index is 0.129. The van der Waals surface area contributed by atoms with Crippen molar-refractivity contribution in [3.63, 3.8) is 0 Å². The summed E-state index contributed by atoms with van der Waals surface area (Å²) in [6.45, 7) is 3.61. The molecule has 1 aromatic carbocycles. The van der Waals surface area contributed by atoms with Gasteiger partial charge in [-0.05, 0) is 37.1 Å². The molecule has 148 valence electrons. The molecule has 3 aromatic rings. The van der Waals surface area contributed by atoms with Gasteiger partial charge in [-0.25, -0.2) is 17.9 Å². The predicted octanol–water partition coefficient (Wildman–Crippen LogP) is 2.56. The second-order valence-electron chi connectivity index (χ2n) is 6.48. The summed E-state index contributed by atoms with van der Waals surface area (Å²) in [5.41, 5.74) is 1.93. The Kier molecular flexibility index (Phi) is 5.31. The SMILES string of the molecule is Cc1cc(OC(=O)c2ccc(S(C)(=O)=O)c(Cn3cc(Cl)cn3)c2C)n(C)n1. The van der Waals surface area contributed by atoms with Gasteiger partial charge in [0, 0.05) is 25.6 Å². The average Bonchev–Trinajstić information content (AvgIpc) is 3.13. The summed E-state index contributed by atoms with van der Waals surface area (Å²) in [6, 6.07) is 4.51. The highest BCUT2D eigenvalue weighted by Crippen LogP contribution is 2.25. The van der Waals surface area contributed by atoms with E-state index in [9.17, 15) is 13.2 Å². The number of halogens is 1. The van der Waals surface area contributed by atoms with E-state index in [1.54, 1.807) is 33.2 Å². The summed E-state index contributed by atoms with van der Waals surface area (Å²) in [4.78, 5) is 12.8. The molecule has 2 heterocycles. The molecule has 28 heavy (non-hydrogen) atoms. The third-order valence-electron chi connectivity index (χ3n) is 4.25. The van der Waals surface area contributed by atoms with Crippen molar-refractivity contribution in [3.05, 3.63) is 58.0 Å². The van der Waals surface area contributed by atoms with Gasteiger partial charge in [0.1, 0.15) is 0 Å². The van der Waals surface area contributed by atoms with Gasteiger partial charge in [-0.1, -0.05) is 11.6 Å². The van der Waals surface area contributed by atoms with Crippen LogP contribution >= 0.6 is 11.6 Å². The van der Waals surface area contributed by atoms with Gasteiger partial charge in [-0.15, -0.1) is 0 Å². The van der Waals surface area contributed by atoms with E-state index in [0.717, 1.165) is 6.26 Å². The van der Waals surface area contributed by atoms with Gasteiger partial charge in [0.05, 0.1) is 33.9 Å². The van der Waals surface area contributed by atoms with Gasteiger partial charge in [0.2, 0.25) is 5.88 Å². The lowest BCUT2D eigenvalue weighted by Crippen LogP contribution is -2.16. The number of sulfone groups is 1. The Morgan fingerprint density at radius 1 is 1.29 bits per heavy atom. The van der Waals surface area contributed by atoms with Gasteiger partial charge in [0.15, 0.2) is 9.84 Å². The number of hydrogen-bond acceptors (Lipinski definition) is 6. The van der Waals surface area contributed by atoms with Crippen LogP contribution in [0.2, 0.25) is 5.02 Å². The number of carbonyl (C=O) groups excluding carboxylic acids is 1. The van der Waals surface area contributed by atoms with Crippen molar-refractivity contribution in [3.8, 4) is 5.88 Å². The van der Waals surface area contributed by atoms with Crippen molar-refractivity contribution in [1.82, 2.24) is 19.6 Å². The third-order valence-corrected chi connectivity index (χ3v) is 5.63. The molecule has 8 nitrogen and oxygen atoms in total. The summed E-state index contributed by atoms with van der Waals surface area (Å²) >= 11 is 5.90. The number of hydrogen-bond donors (Lipinski definition) is 0. The predicted molar refractivity (Wildman–Crippen MR) is 104 cm³/mol. The van der Waals surface area contributed by atoms with Crippen molar-refractivity contribution in [1.29, 1.82) is 0 Å². The number of aryl methyl sites for hydroxylation is 2. The van der Waals surface area contributed by atoms with Crippen LogP contribution in [-0.2, 0) is 23.4 Å². The van der Waals surface area contributed by atoms with Crippen LogP contribution in [0.3, 0.4) is 0 Å². The smallest absolute Gasteiger partial charge is 0.345 e. The van der Waals surface area contributed by atoms with E-state index in [-0.39, 0.29) is 17.0 Å². The maximum absolute atomic E-state index is 12.7. The minimum atomic E-state index is -3.51. The molecule has 0 saturated heterocycles. The molecule has 2 aromatic heterocycles. The van der Waals surface area contributed by atoms with Gasteiger partial charge in [-0.3, -0.25) is 4.68 Å². The number of carbonyl (C=O) groups is 1. The fourth-order valence-electron chi connectivity index (χ4n) is 2.92. The van der Waals surface area contributed by atoms with Crippen molar-refractivity contribution >= 4 is 27.4 Å². The van der Waals surface area contributed by atoms with E-state index >= 15 is 0 Å². The Morgan fingerprint density at radius 2 is 2.00 bits per heavy atom. The Morgan fingerprint density at radius 3 is 2.54 bits per heavy atom. The Bertz CT molecular complexity index is 1160. The summed E-state index contributed by atoms with van der Waals surface area (Å²) in [5, 5.41) is 8.66. The number of ether oxygens (including phenoxy) is 1. The molecular weight excluding hydrogens is 404 g/mol. The first-order chi connectivity index (χ1) is 13.1. The highest BCUT2D eigenvalue weighted by molar-refractivity contribution is 7.90. The largest absolute Gasteiger partial charge is 0.404 e. The summed E-state index contributed by atoms with van der Waals surface area (Å²) in [7, 11) is -1.85. The first-order valence-electron chi connectivity index (χ1n) is 8.29. The van der Waals surface area contributed by atoms with E-state index < -0.39 is 15.8 Å². The highest BCUT2D eigenvalue weighted by Gasteiger charge is 2.22. The first-order valence-corrected chi connectivity index (χ1v) is 10.6. The molecule has 0 aliphatic rings. The quantitative estimate of drug-likeness (QED) is 0.586. The molecule has 0 aliphatic carbocycles. The maximum Gasteiger partial charge on any atom is 0.345 e. The van der Waals surface area contributed by atoms with Crippen LogP contribution in [-0.4, -0.2) is 40.2 Å². The van der Waals surface area contributed by atoms with Crippen LogP contribution in [0.1, 0.15) is 27.2 Å². The number of nitrogens with zero attached hydrogens (tertiary/aromatic N) is 4. The van der Waals surface area contributed by atoms with Crippen LogP contribution in [0.25, 0.3) is 0 Å². The molecule has 0 fully saturated rings. The van der Waals surface area contributed by atoms with E-state index in [0.29, 0.717) is 27.7 Å². The highest BCUT2D eigenvalue weighted by atomic mass is 35.5. The number of benzene rings is 1. The third kappa shape index (κ3) is 4.10. The van der Waals surface area contributed by atoms with Crippen LogP contribution in [0.5, 0.6) is 5.88 Å². The van der Waals surface area contributed by atoms with E-state index in [2.05, 4.69) is 10.2 Å². The molecule has 3 rings (SSSR count). The zero-order valence-electron chi connectivity index (χ0n) is 15.8. The lowest BCUT2D eigenvalue weighted by atomic mass is 10.0. The van der Waals surface area contributed by atoms with Crippen molar-refractivity contribution in [2.75, 3.05) is 6.26 Å². The standard InChI is InChI=1S/C18H19ClN4O4S/c1-11-7-17(22(3)21-11)27-18(24)14-5-6-16(28(4,25)26)15(12(14)2)10-23-9-13(19)8-20-23/h5-9H,10H2,1-4H3. The Hall–Kier alpha value is -2.65. The monoisotopic (exact) mass is 422 g/mol. The van der Waals surface area contributed by atoms with Gasteiger partial charge in [0.25, 0.3) is 0 Å². The van der Waals surface area contributed by atoms with E-state index in [1.807, 2.05) is 0 Å². The topological polar surface area (TPSA) is 96.1 Å². The molecule has 0 amide bonds. The Balaban J connectivity index is 2.04. The first kappa shape index (κ1) is 20.1. The number of esters is 1. The molecule has 0 bridgehead atoms. The van der Waals surface area contributed by atoms with Gasteiger partial charge >= 0.3 is 5.97 Å². The van der Waals surface area contributed by atoms with Crippen LogP contribution in [0.4, 0.5) is 0 Å². The van der Waals surface area contributed by atoms with Crippen LogP contribution in [0.15, 0.2) is 35.5 Å². The average molecular weight is 423 g/mol. The second kappa shape index (κ2) is 7.40. The molecule has 0 radical (unpaired) electrons. The fraction of sp³-hybridized carbons (Fsp3) is 0.278. The lowest BCUT2D eigenvalue weighted by molar-refractivity contribution is 0.0719. The van der Waals surface area contributed by atoms with Gasteiger partial charge < -0.3 is 4.74 Å². The summed E-state index contributed by atoms with van der Waals surface area (Å²) in [6.07, 6.45) is 4.16. The van der Waals surface area contributed by atoms with Crippen molar-refractivity contribution in [2.45, 2.75) is 25.3 Å². The van der Waals surface area contributed by atoms with Crippen LogP contribution < -0.4 is 4.74 Å². The van der Waals surface area contributed by atoms with Crippen LogP contribution in [0, 0.1) is 13.8 Å². The zero-order valence-corrected chi connectivity index (χ0v) is 17.4. The zero-order chi connectivity index (χ0) is 20.6. The molecule has 0 N–H and O–H groups in total. The number of rotatable bonds is 5. The van der Waals surface area contributed by atoms with Crippen molar-refractivity contribution in [2.24, 2.45) is 7.05 Å². The normalized spacial score (nSPS) is 11.6. The Labute approximate surface area is 167 Å². The van der Waals surface area contributed by atoms with E-state index in [4.69, 9.17) is 16.3 Å². The maximum atomic E-state index is 12.7. The van der Waals surface area contributed by atoms with E-state index in [1.165, 1.54) is 27.7 Å². The minimum Gasteiger partial charge on any atom is -0.404 e. The molecule has 0 unspecified atom stereocenters. The lowest BCUT2D eigenvalue weighted by Gasteiger charge is -2.15.